The third kappa shape index (κ3) is 3.91. The Balaban J connectivity index is 2.57. The summed E-state index contributed by atoms with van der Waals surface area (Å²) >= 11 is 0. The van der Waals surface area contributed by atoms with Gasteiger partial charge in [0, 0.05) is 11.4 Å². The highest BCUT2D eigenvalue weighted by Crippen LogP contribution is 2.35. The Morgan fingerprint density at radius 1 is 1.28 bits per heavy atom. The van der Waals surface area contributed by atoms with Crippen molar-refractivity contribution < 1.29 is 4.79 Å². The molecular formula is C15H22N2O. The average Bonchev–Trinajstić information content (AvgIpc) is 3.14. The first-order chi connectivity index (χ1) is 8.49. The summed E-state index contributed by atoms with van der Waals surface area (Å²) in [5.74, 6) is -0.228. The van der Waals surface area contributed by atoms with E-state index < -0.39 is 0 Å². The van der Waals surface area contributed by atoms with Gasteiger partial charge in [0.2, 0.25) is 0 Å². The molecule has 1 fully saturated rings. The van der Waals surface area contributed by atoms with Gasteiger partial charge in [0.05, 0.1) is 5.70 Å². The fraction of sp³-hybridized carbons (Fsp3) is 0.400. The van der Waals surface area contributed by atoms with Gasteiger partial charge in [-0.1, -0.05) is 31.7 Å². The molecule has 0 radical (unpaired) electrons. The minimum Gasteiger partial charge on any atom is -0.355 e. The maximum Gasteiger partial charge on any atom is 0.271 e. The predicted molar refractivity (Wildman–Crippen MR) is 75.5 cm³/mol. The highest BCUT2D eigenvalue weighted by molar-refractivity contribution is 5.94. The minimum atomic E-state index is -0.228. The van der Waals surface area contributed by atoms with Crippen LogP contribution in [0.15, 0.2) is 47.5 Å². The number of amides is 1. The molecule has 1 aliphatic carbocycles. The molecule has 98 valence electrons. The van der Waals surface area contributed by atoms with E-state index in [1.807, 2.05) is 19.9 Å². The number of carbonyl (C=O) groups excluding carboxylic acids is 1. The van der Waals surface area contributed by atoms with E-state index in [-0.39, 0.29) is 5.91 Å². The lowest BCUT2D eigenvalue weighted by atomic mass is 10.1. The molecule has 0 saturated heterocycles. The van der Waals surface area contributed by atoms with Crippen molar-refractivity contribution in [2.75, 3.05) is 0 Å². The van der Waals surface area contributed by atoms with Gasteiger partial charge in [-0.2, -0.15) is 0 Å². The normalized spacial score (nSPS) is 13.9. The molecule has 18 heavy (non-hydrogen) atoms. The van der Waals surface area contributed by atoms with Crippen LogP contribution in [0.1, 0.15) is 40.0 Å². The summed E-state index contributed by atoms with van der Waals surface area (Å²) in [6.07, 6.45) is 5.06. The van der Waals surface area contributed by atoms with E-state index in [2.05, 4.69) is 30.7 Å². The van der Waals surface area contributed by atoms with Crippen molar-refractivity contribution in [3.63, 3.8) is 0 Å². The molecular weight excluding hydrogens is 224 g/mol. The third-order valence-electron chi connectivity index (χ3n) is 2.96. The topological polar surface area (TPSA) is 41.1 Å². The van der Waals surface area contributed by atoms with E-state index >= 15 is 0 Å². The summed E-state index contributed by atoms with van der Waals surface area (Å²) in [6.45, 7) is 13.5. The van der Waals surface area contributed by atoms with E-state index in [4.69, 9.17) is 0 Å². The molecule has 1 aliphatic rings. The Bertz CT molecular complexity index is 435. The first kappa shape index (κ1) is 14.3. The molecule has 0 aromatic carbocycles. The van der Waals surface area contributed by atoms with Crippen LogP contribution in [0.25, 0.3) is 0 Å². The van der Waals surface area contributed by atoms with Gasteiger partial charge in [0.1, 0.15) is 0 Å². The molecule has 3 nitrogen and oxygen atoms in total. The number of hydrogen-bond donors (Lipinski definition) is 2. The molecule has 1 amide bonds. The second-order valence-corrected chi connectivity index (χ2v) is 4.44. The zero-order valence-corrected chi connectivity index (χ0v) is 11.5. The number of rotatable bonds is 6. The van der Waals surface area contributed by atoms with Crippen LogP contribution in [0.3, 0.4) is 0 Å². The van der Waals surface area contributed by atoms with Gasteiger partial charge in [-0.3, -0.25) is 4.79 Å². The predicted octanol–water partition coefficient (Wildman–Crippen LogP) is 3.14. The Morgan fingerprint density at radius 2 is 1.89 bits per heavy atom. The van der Waals surface area contributed by atoms with E-state index in [0.717, 1.165) is 25.0 Å². The molecule has 0 aromatic rings. The van der Waals surface area contributed by atoms with E-state index in [1.165, 1.54) is 11.1 Å². The van der Waals surface area contributed by atoms with Crippen molar-refractivity contribution in [3.8, 4) is 0 Å². The van der Waals surface area contributed by atoms with Crippen LogP contribution in [0.5, 0.6) is 0 Å². The second-order valence-electron chi connectivity index (χ2n) is 4.44. The van der Waals surface area contributed by atoms with Gasteiger partial charge in [0.25, 0.3) is 5.91 Å². The van der Waals surface area contributed by atoms with Crippen molar-refractivity contribution in [2.24, 2.45) is 0 Å². The summed E-state index contributed by atoms with van der Waals surface area (Å²) in [6, 6.07) is 0. The summed E-state index contributed by atoms with van der Waals surface area (Å²) in [5.41, 5.74) is 4.53. The first-order valence-electron chi connectivity index (χ1n) is 6.30. The Hall–Kier alpha value is -1.77. The summed E-state index contributed by atoms with van der Waals surface area (Å²) in [7, 11) is 0. The summed E-state index contributed by atoms with van der Waals surface area (Å²) < 4.78 is 0. The van der Waals surface area contributed by atoms with Crippen LogP contribution < -0.4 is 10.6 Å². The fourth-order valence-corrected chi connectivity index (χ4v) is 1.70. The van der Waals surface area contributed by atoms with Crippen molar-refractivity contribution >= 4 is 5.91 Å². The van der Waals surface area contributed by atoms with Crippen molar-refractivity contribution in [2.45, 2.75) is 40.0 Å². The molecule has 0 bridgehead atoms. The molecule has 2 N–H and O–H groups in total. The summed E-state index contributed by atoms with van der Waals surface area (Å²) in [4.78, 5) is 11.9. The number of nitrogens with one attached hydrogen (secondary N) is 2. The van der Waals surface area contributed by atoms with Crippen LogP contribution in [0.2, 0.25) is 0 Å². The Labute approximate surface area is 109 Å². The molecule has 0 spiro atoms. The van der Waals surface area contributed by atoms with Gasteiger partial charge in [-0.05, 0) is 38.7 Å². The Kier molecular flexibility index (Phi) is 4.95. The van der Waals surface area contributed by atoms with E-state index in [1.54, 1.807) is 0 Å². The molecule has 0 atom stereocenters. The van der Waals surface area contributed by atoms with E-state index in [0.29, 0.717) is 11.4 Å². The third-order valence-corrected chi connectivity index (χ3v) is 2.96. The van der Waals surface area contributed by atoms with Crippen LogP contribution in [0.4, 0.5) is 0 Å². The highest BCUT2D eigenvalue weighted by Gasteiger charge is 2.19. The smallest absolute Gasteiger partial charge is 0.271 e. The summed E-state index contributed by atoms with van der Waals surface area (Å²) in [5, 5.41) is 5.73. The largest absolute Gasteiger partial charge is 0.355 e. The van der Waals surface area contributed by atoms with Crippen molar-refractivity contribution in [1.82, 2.24) is 10.6 Å². The number of allylic oxidation sites excluding steroid dienone is 4. The first-order valence-corrected chi connectivity index (χ1v) is 6.30. The number of hydrogen-bond acceptors (Lipinski definition) is 2. The van der Waals surface area contributed by atoms with Gasteiger partial charge >= 0.3 is 0 Å². The zero-order chi connectivity index (χ0) is 13.7. The minimum absolute atomic E-state index is 0.228. The Morgan fingerprint density at radius 3 is 2.33 bits per heavy atom. The number of carbonyl (C=O) groups is 1. The molecule has 1 saturated carbocycles. The molecule has 0 aliphatic heterocycles. The quantitative estimate of drug-likeness (QED) is 0.707. The molecule has 1 rings (SSSR count). The lowest BCUT2D eigenvalue weighted by Gasteiger charge is -2.13. The highest BCUT2D eigenvalue weighted by atomic mass is 16.2. The molecule has 0 aromatic heterocycles. The second kappa shape index (κ2) is 6.24. The van der Waals surface area contributed by atoms with Gasteiger partial charge in [-0.15, -0.1) is 0 Å². The maximum atomic E-state index is 11.9. The maximum absolute atomic E-state index is 11.9. The lowest BCUT2D eigenvalue weighted by Crippen LogP contribution is -2.30. The van der Waals surface area contributed by atoms with Crippen molar-refractivity contribution in [1.29, 1.82) is 0 Å². The lowest BCUT2D eigenvalue weighted by molar-refractivity contribution is -0.117. The van der Waals surface area contributed by atoms with Gasteiger partial charge in [-0.25, -0.2) is 0 Å². The standard InChI is InChI=1S/C15H22N2O/c1-6-10(3)16-12(5)15(18)17-11(4)14(7-2)13-8-9-13/h6,16H,4-5,7-9H2,1-3H3,(H,17,18)/b10-6-. The monoisotopic (exact) mass is 246 g/mol. The zero-order valence-electron chi connectivity index (χ0n) is 11.5. The van der Waals surface area contributed by atoms with Crippen LogP contribution in [-0.4, -0.2) is 5.91 Å². The SMILES string of the molecule is C=C(N/C(C)=C\C)C(=O)NC(=C)C(CC)=C1CC1. The van der Waals surface area contributed by atoms with Crippen LogP contribution >= 0.6 is 0 Å². The molecule has 3 heteroatoms. The van der Waals surface area contributed by atoms with Crippen LogP contribution in [-0.2, 0) is 4.79 Å². The van der Waals surface area contributed by atoms with Gasteiger partial charge < -0.3 is 10.6 Å². The van der Waals surface area contributed by atoms with Crippen molar-refractivity contribution in [3.05, 3.63) is 47.5 Å². The fourth-order valence-electron chi connectivity index (χ4n) is 1.70. The van der Waals surface area contributed by atoms with Crippen LogP contribution in [0, 0.1) is 0 Å². The molecule has 0 unspecified atom stereocenters. The molecule has 0 heterocycles. The van der Waals surface area contributed by atoms with Gasteiger partial charge in [0.15, 0.2) is 0 Å². The van der Waals surface area contributed by atoms with E-state index in [9.17, 15) is 4.79 Å². The average molecular weight is 246 g/mol.